The Hall–Kier alpha value is -4.21. The van der Waals surface area contributed by atoms with E-state index in [1.807, 2.05) is 24.3 Å². The van der Waals surface area contributed by atoms with E-state index >= 15 is 0 Å². The number of nitrogens with one attached hydrogen (secondary N) is 3. The predicted molar refractivity (Wildman–Crippen MR) is 152 cm³/mol. The van der Waals surface area contributed by atoms with Crippen molar-refractivity contribution in [3.63, 3.8) is 0 Å². The summed E-state index contributed by atoms with van der Waals surface area (Å²) in [5.41, 5.74) is 4.75. The zero-order valence-corrected chi connectivity index (χ0v) is 22.6. The van der Waals surface area contributed by atoms with Crippen LogP contribution in [0.25, 0.3) is 12.2 Å². The largest absolute Gasteiger partial charge is 0.370 e. The summed E-state index contributed by atoms with van der Waals surface area (Å²) in [6, 6.07) is 16.7. The Kier molecular flexibility index (Phi) is 7.23. The van der Waals surface area contributed by atoms with Crippen LogP contribution in [0.3, 0.4) is 0 Å². The topological polar surface area (TPSA) is 97.1 Å². The first kappa shape index (κ1) is 26.0. The third-order valence-corrected chi connectivity index (χ3v) is 8.01. The summed E-state index contributed by atoms with van der Waals surface area (Å²) in [6.45, 7) is 5.02. The molecule has 2 saturated heterocycles. The number of amides is 3. The summed E-state index contributed by atoms with van der Waals surface area (Å²) in [5, 5.41) is 5.91. The molecule has 2 atom stereocenters. The molecule has 3 amide bonds. The number of anilines is 1. The van der Waals surface area contributed by atoms with Crippen LogP contribution in [0.1, 0.15) is 44.0 Å². The first-order valence-electron chi connectivity index (χ1n) is 13.8. The molecule has 0 saturated carbocycles. The van der Waals surface area contributed by atoms with Gasteiger partial charge in [-0.3, -0.25) is 14.4 Å². The highest BCUT2D eigenvalue weighted by molar-refractivity contribution is 6.10. The molecule has 9 nitrogen and oxygen atoms in total. The second-order valence-electron chi connectivity index (χ2n) is 10.8. The van der Waals surface area contributed by atoms with E-state index < -0.39 is 6.04 Å². The smallest absolute Gasteiger partial charge is 0.268 e. The molecule has 6 rings (SSSR count). The van der Waals surface area contributed by atoms with E-state index in [0.29, 0.717) is 23.4 Å². The molecule has 1 aromatic heterocycles. The number of aromatic nitrogens is 1. The number of nitrogens with zero attached hydrogens (tertiary/aromatic N) is 2. The summed E-state index contributed by atoms with van der Waals surface area (Å²) < 4.78 is 7.19. The molecule has 0 bridgehead atoms. The number of hydrogen-bond acceptors (Lipinski definition) is 4. The van der Waals surface area contributed by atoms with Crippen molar-refractivity contribution in [1.29, 1.82) is 0 Å². The highest BCUT2D eigenvalue weighted by Gasteiger charge is 2.43. The van der Waals surface area contributed by atoms with Crippen molar-refractivity contribution >= 4 is 35.6 Å². The molecule has 3 aliphatic heterocycles. The number of rotatable bonds is 6. The van der Waals surface area contributed by atoms with E-state index in [2.05, 4.69) is 34.9 Å². The first-order valence-corrected chi connectivity index (χ1v) is 13.8. The summed E-state index contributed by atoms with van der Waals surface area (Å²) in [5.74, 6) is -0.657. The van der Waals surface area contributed by atoms with Crippen molar-refractivity contribution in [3.05, 3.63) is 88.7 Å². The fourth-order valence-electron chi connectivity index (χ4n) is 5.76. The lowest BCUT2D eigenvalue weighted by Crippen LogP contribution is -3.12. The average Bonchev–Trinajstić information content (AvgIpc) is 3.57. The van der Waals surface area contributed by atoms with Gasteiger partial charge in [-0.1, -0.05) is 42.5 Å². The lowest BCUT2D eigenvalue weighted by Gasteiger charge is -2.23. The summed E-state index contributed by atoms with van der Waals surface area (Å²) >= 11 is 0. The predicted octanol–water partition coefficient (Wildman–Crippen LogP) is 1.58. The number of fused-ring (bicyclic) bond motifs is 2. The van der Waals surface area contributed by atoms with Crippen LogP contribution in [0.15, 0.2) is 60.8 Å². The van der Waals surface area contributed by atoms with Crippen LogP contribution in [0.5, 0.6) is 0 Å². The number of hydrogen-bond donors (Lipinski definition) is 3. The summed E-state index contributed by atoms with van der Waals surface area (Å²) in [4.78, 5) is 42.4. The molecule has 2 fully saturated rings. The van der Waals surface area contributed by atoms with Gasteiger partial charge in [-0.15, -0.1) is 0 Å². The molecule has 0 unspecified atom stereocenters. The molecule has 0 radical (unpaired) electrons. The van der Waals surface area contributed by atoms with Crippen LogP contribution in [0.2, 0.25) is 0 Å². The van der Waals surface area contributed by atoms with E-state index in [9.17, 15) is 14.4 Å². The van der Waals surface area contributed by atoms with E-state index in [0.717, 1.165) is 44.0 Å². The fraction of sp³-hybridized carbons (Fsp3) is 0.323. The second-order valence-corrected chi connectivity index (χ2v) is 10.8. The lowest BCUT2D eigenvalue weighted by atomic mass is 10.1. The minimum atomic E-state index is -0.629. The highest BCUT2D eigenvalue weighted by Crippen LogP contribution is 2.30. The van der Waals surface area contributed by atoms with Crippen LogP contribution < -0.4 is 15.5 Å². The Morgan fingerprint density at radius 1 is 1.07 bits per heavy atom. The molecule has 0 aliphatic carbocycles. The Morgan fingerprint density at radius 2 is 1.82 bits per heavy atom. The fourth-order valence-corrected chi connectivity index (χ4v) is 5.76. The van der Waals surface area contributed by atoms with Crippen LogP contribution in [-0.4, -0.2) is 72.1 Å². The number of quaternary nitrogens is 1. The quantitative estimate of drug-likeness (QED) is 0.414. The second kappa shape index (κ2) is 11.1. The molecule has 3 aliphatic rings. The summed E-state index contributed by atoms with van der Waals surface area (Å²) in [7, 11) is 1.81. The third kappa shape index (κ3) is 5.43. The highest BCUT2D eigenvalue weighted by atomic mass is 16.5. The first-order chi connectivity index (χ1) is 19.4. The van der Waals surface area contributed by atoms with Gasteiger partial charge >= 0.3 is 0 Å². The molecule has 9 heteroatoms. The van der Waals surface area contributed by atoms with Crippen LogP contribution >= 0.6 is 0 Å². The van der Waals surface area contributed by atoms with Crippen LogP contribution in [0.4, 0.5) is 5.69 Å². The molecule has 40 heavy (non-hydrogen) atoms. The van der Waals surface area contributed by atoms with Gasteiger partial charge in [-0.05, 0) is 41.8 Å². The molecule has 206 valence electrons. The minimum absolute atomic E-state index is 0.209. The van der Waals surface area contributed by atoms with Gasteiger partial charge in [-0.25, -0.2) is 0 Å². The average molecular weight is 541 g/mol. The maximum atomic E-state index is 13.6. The van der Waals surface area contributed by atoms with Gasteiger partial charge in [0.25, 0.3) is 11.8 Å². The van der Waals surface area contributed by atoms with Gasteiger partial charge in [0.2, 0.25) is 5.91 Å². The molecule has 4 heterocycles. The molecule has 0 spiro atoms. The zero-order chi connectivity index (χ0) is 27.6. The van der Waals surface area contributed by atoms with Crippen molar-refractivity contribution in [2.24, 2.45) is 7.05 Å². The van der Waals surface area contributed by atoms with Gasteiger partial charge in [0.15, 0.2) is 0 Å². The van der Waals surface area contributed by atoms with E-state index in [1.165, 1.54) is 5.56 Å². The maximum Gasteiger partial charge on any atom is 0.268 e. The molecule has 3 N–H and O–H groups in total. The van der Waals surface area contributed by atoms with Gasteiger partial charge in [-0.2, -0.15) is 0 Å². The number of morpholine rings is 1. The Morgan fingerprint density at radius 3 is 2.58 bits per heavy atom. The van der Waals surface area contributed by atoms with E-state index in [-0.39, 0.29) is 30.3 Å². The van der Waals surface area contributed by atoms with Crippen molar-refractivity contribution in [3.8, 4) is 0 Å². The van der Waals surface area contributed by atoms with E-state index in [1.54, 1.807) is 45.8 Å². The standard InChI is InChI=1S/C31H33N5O4/c1-34-12-2-3-27(34)29(37)32-24-18-28-30(38)33-26-11-10-22(17-25(26)31(39)36(28)20-24)7-4-21-5-8-23(9-6-21)19-35-13-15-40-16-14-35/h2-12,17,24,28H,13-16,18-20H2,1H3,(H,32,37)(H,33,38)/p+1/b7-4+/t24-,28-/m0/s1. The zero-order valence-electron chi connectivity index (χ0n) is 22.6. The van der Waals surface area contributed by atoms with E-state index in [4.69, 9.17) is 4.74 Å². The lowest BCUT2D eigenvalue weighted by molar-refractivity contribution is -0.921. The number of carbonyl (C=O) groups is 3. The van der Waals surface area contributed by atoms with Crippen molar-refractivity contribution < 1.29 is 24.0 Å². The van der Waals surface area contributed by atoms with Crippen LogP contribution in [-0.2, 0) is 23.1 Å². The molecule has 2 aromatic carbocycles. The maximum absolute atomic E-state index is 13.6. The normalized spacial score (nSPS) is 21.2. The van der Waals surface area contributed by atoms with Crippen molar-refractivity contribution in [1.82, 2.24) is 14.8 Å². The monoisotopic (exact) mass is 540 g/mol. The third-order valence-electron chi connectivity index (χ3n) is 8.01. The van der Waals surface area contributed by atoms with Crippen LogP contribution in [0, 0.1) is 0 Å². The summed E-state index contributed by atoms with van der Waals surface area (Å²) in [6.07, 6.45) is 6.19. The van der Waals surface area contributed by atoms with Gasteiger partial charge in [0.05, 0.1) is 24.5 Å². The Balaban J connectivity index is 1.13. The SMILES string of the molecule is Cn1cccc1C(=O)N[C@H]1C[C@H]2C(=O)Nc3ccc(/C=C/c4ccc(C[NH+]5CCOCC5)cc4)cc3C(=O)N2C1. The number of aryl methyl sites for hydroxylation is 1. The van der Waals surface area contributed by atoms with Crippen molar-refractivity contribution in [2.45, 2.75) is 25.0 Å². The molecular formula is C31H34N5O4+. The minimum Gasteiger partial charge on any atom is -0.370 e. The number of carbonyl (C=O) groups excluding carboxylic acids is 3. The van der Waals surface area contributed by atoms with Gasteiger partial charge in [0.1, 0.15) is 31.4 Å². The molecule has 3 aromatic rings. The van der Waals surface area contributed by atoms with Gasteiger partial charge in [0, 0.05) is 31.4 Å². The van der Waals surface area contributed by atoms with Gasteiger partial charge < -0.3 is 29.7 Å². The van der Waals surface area contributed by atoms with Crippen molar-refractivity contribution in [2.75, 3.05) is 38.2 Å². The Labute approximate surface area is 233 Å². The molecular weight excluding hydrogens is 506 g/mol. The number of benzene rings is 2. The number of ether oxygens (including phenoxy) is 1. The Bertz CT molecular complexity index is 1450.